The average molecular weight is 316 g/mol. The zero-order chi connectivity index (χ0) is 16.5. The number of nitrogens with one attached hydrogen (secondary N) is 1. The van der Waals surface area contributed by atoms with E-state index in [1.807, 2.05) is 30.3 Å². The molecule has 0 aliphatic carbocycles. The third-order valence-corrected chi connectivity index (χ3v) is 3.32. The van der Waals surface area contributed by atoms with Gasteiger partial charge in [-0.3, -0.25) is 4.79 Å². The topological polar surface area (TPSA) is 64.4 Å². The summed E-state index contributed by atoms with van der Waals surface area (Å²) >= 11 is 0. The van der Waals surface area contributed by atoms with Gasteiger partial charge in [-0.25, -0.2) is 4.39 Å². The van der Waals surface area contributed by atoms with Crippen molar-refractivity contribution in [3.8, 4) is 5.75 Å². The maximum atomic E-state index is 13.1. The Hall–Kier alpha value is -2.40. The van der Waals surface area contributed by atoms with Gasteiger partial charge in [0.15, 0.2) is 0 Å². The summed E-state index contributed by atoms with van der Waals surface area (Å²) in [7, 11) is 0. The SMILES string of the molecule is NCCCC(=O)NCc1ccc(OCc2cccc(F)c2)cc1. The van der Waals surface area contributed by atoms with E-state index in [0.29, 0.717) is 38.3 Å². The van der Waals surface area contributed by atoms with Gasteiger partial charge >= 0.3 is 0 Å². The number of hydrogen-bond acceptors (Lipinski definition) is 3. The Balaban J connectivity index is 1.79. The van der Waals surface area contributed by atoms with Crippen LogP contribution in [0.4, 0.5) is 4.39 Å². The summed E-state index contributed by atoms with van der Waals surface area (Å²) < 4.78 is 18.7. The van der Waals surface area contributed by atoms with E-state index in [4.69, 9.17) is 10.5 Å². The van der Waals surface area contributed by atoms with E-state index in [0.717, 1.165) is 11.1 Å². The summed E-state index contributed by atoms with van der Waals surface area (Å²) in [5.41, 5.74) is 7.13. The van der Waals surface area contributed by atoms with Crippen LogP contribution in [0, 0.1) is 5.82 Å². The number of amides is 1. The lowest BCUT2D eigenvalue weighted by Crippen LogP contribution is -2.23. The molecule has 0 saturated carbocycles. The van der Waals surface area contributed by atoms with E-state index in [9.17, 15) is 9.18 Å². The second-order valence-corrected chi connectivity index (χ2v) is 5.23. The number of halogens is 1. The van der Waals surface area contributed by atoms with Crippen molar-refractivity contribution in [2.45, 2.75) is 26.0 Å². The summed E-state index contributed by atoms with van der Waals surface area (Å²) in [4.78, 5) is 11.5. The lowest BCUT2D eigenvalue weighted by Gasteiger charge is -2.08. The van der Waals surface area contributed by atoms with Crippen LogP contribution in [-0.2, 0) is 17.9 Å². The second-order valence-electron chi connectivity index (χ2n) is 5.23. The number of hydrogen-bond donors (Lipinski definition) is 2. The molecule has 0 aliphatic rings. The maximum Gasteiger partial charge on any atom is 0.220 e. The van der Waals surface area contributed by atoms with Gasteiger partial charge in [-0.1, -0.05) is 24.3 Å². The lowest BCUT2D eigenvalue weighted by molar-refractivity contribution is -0.121. The van der Waals surface area contributed by atoms with Crippen molar-refractivity contribution in [3.63, 3.8) is 0 Å². The molecule has 1 amide bonds. The van der Waals surface area contributed by atoms with Crippen molar-refractivity contribution in [1.82, 2.24) is 5.32 Å². The fourth-order valence-corrected chi connectivity index (χ4v) is 2.05. The summed E-state index contributed by atoms with van der Waals surface area (Å²) in [5, 5.41) is 2.84. The maximum absolute atomic E-state index is 13.1. The van der Waals surface area contributed by atoms with Crippen molar-refractivity contribution in [2.75, 3.05) is 6.54 Å². The molecule has 0 bridgehead atoms. The molecule has 23 heavy (non-hydrogen) atoms. The van der Waals surface area contributed by atoms with E-state index >= 15 is 0 Å². The van der Waals surface area contributed by atoms with Crippen LogP contribution < -0.4 is 15.8 Å². The van der Waals surface area contributed by atoms with Gasteiger partial charge in [0.05, 0.1) is 0 Å². The van der Waals surface area contributed by atoms with Gasteiger partial charge in [-0.2, -0.15) is 0 Å². The summed E-state index contributed by atoms with van der Waals surface area (Å²) in [6.45, 7) is 1.31. The predicted octanol–water partition coefficient (Wildman–Crippen LogP) is 2.76. The number of carbonyl (C=O) groups is 1. The number of carbonyl (C=O) groups excluding carboxylic acids is 1. The molecule has 0 heterocycles. The fourth-order valence-electron chi connectivity index (χ4n) is 2.05. The van der Waals surface area contributed by atoms with Gasteiger partial charge in [-0.05, 0) is 48.4 Å². The minimum absolute atomic E-state index is 0.00174. The highest BCUT2D eigenvalue weighted by atomic mass is 19.1. The van der Waals surface area contributed by atoms with Gasteiger partial charge < -0.3 is 15.8 Å². The normalized spacial score (nSPS) is 10.3. The monoisotopic (exact) mass is 316 g/mol. The van der Waals surface area contributed by atoms with Gasteiger partial charge in [0.25, 0.3) is 0 Å². The first kappa shape index (κ1) is 17.0. The Bertz CT molecular complexity index is 629. The second kappa shape index (κ2) is 8.90. The van der Waals surface area contributed by atoms with Gasteiger partial charge in [-0.15, -0.1) is 0 Å². The van der Waals surface area contributed by atoms with Crippen LogP contribution in [0.1, 0.15) is 24.0 Å². The predicted molar refractivity (Wildman–Crippen MR) is 87.3 cm³/mol. The zero-order valence-corrected chi connectivity index (χ0v) is 12.9. The van der Waals surface area contributed by atoms with Gasteiger partial charge in [0, 0.05) is 13.0 Å². The molecule has 0 saturated heterocycles. The smallest absolute Gasteiger partial charge is 0.220 e. The molecular weight excluding hydrogens is 295 g/mol. The third kappa shape index (κ3) is 6.08. The summed E-state index contributed by atoms with van der Waals surface area (Å²) in [5.74, 6) is 0.432. The highest BCUT2D eigenvalue weighted by Gasteiger charge is 2.02. The van der Waals surface area contributed by atoms with E-state index in [1.165, 1.54) is 12.1 Å². The molecular formula is C18H21FN2O2. The molecule has 2 aromatic rings. The van der Waals surface area contributed by atoms with Crippen LogP contribution in [0.25, 0.3) is 0 Å². The Morgan fingerprint density at radius 1 is 1.13 bits per heavy atom. The first-order chi connectivity index (χ1) is 11.2. The number of ether oxygens (including phenoxy) is 1. The van der Waals surface area contributed by atoms with Crippen molar-refractivity contribution in [3.05, 3.63) is 65.5 Å². The Labute approximate surface area is 135 Å². The fraction of sp³-hybridized carbons (Fsp3) is 0.278. The van der Waals surface area contributed by atoms with Crippen molar-refractivity contribution in [1.29, 1.82) is 0 Å². The molecule has 0 unspecified atom stereocenters. The van der Waals surface area contributed by atoms with Crippen molar-refractivity contribution in [2.24, 2.45) is 5.73 Å². The molecule has 0 aliphatic heterocycles. The first-order valence-corrected chi connectivity index (χ1v) is 7.60. The molecule has 4 nitrogen and oxygen atoms in total. The molecule has 3 N–H and O–H groups in total. The Morgan fingerprint density at radius 3 is 2.61 bits per heavy atom. The van der Waals surface area contributed by atoms with Crippen LogP contribution in [0.15, 0.2) is 48.5 Å². The Morgan fingerprint density at radius 2 is 1.91 bits per heavy atom. The van der Waals surface area contributed by atoms with E-state index < -0.39 is 0 Å². The summed E-state index contributed by atoms with van der Waals surface area (Å²) in [6.07, 6.45) is 1.14. The molecule has 2 rings (SSSR count). The Kier molecular flexibility index (Phi) is 6.56. The molecule has 0 aromatic heterocycles. The van der Waals surface area contributed by atoms with E-state index in [-0.39, 0.29) is 11.7 Å². The van der Waals surface area contributed by atoms with Crippen LogP contribution in [-0.4, -0.2) is 12.5 Å². The van der Waals surface area contributed by atoms with Crippen LogP contribution in [0.5, 0.6) is 5.75 Å². The van der Waals surface area contributed by atoms with Crippen LogP contribution >= 0.6 is 0 Å². The molecule has 0 atom stereocenters. The highest BCUT2D eigenvalue weighted by Crippen LogP contribution is 2.14. The van der Waals surface area contributed by atoms with Crippen molar-refractivity contribution >= 4 is 5.91 Å². The number of rotatable bonds is 8. The lowest BCUT2D eigenvalue weighted by atomic mass is 10.2. The minimum Gasteiger partial charge on any atom is -0.489 e. The highest BCUT2D eigenvalue weighted by molar-refractivity contribution is 5.75. The largest absolute Gasteiger partial charge is 0.489 e. The van der Waals surface area contributed by atoms with Gasteiger partial charge in [0.2, 0.25) is 5.91 Å². The molecule has 0 fully saturated rings. The third-order valence-electron chi connectivity index (χ3n) is 3.32. The van der Waals surface area contributed by atoms with E-state index in [2.05, 4.69) is 5.32 Å². The zero-order valence-electron chi connectivity index (χ0n) is 12.9. The standard InChI is InChI=1S/C18H21FN2O2/c19-16-4-1-3-15(11-16)13-23-17-8-6-14(7-9-17)12-21-18(22)5-2-10-20/h1,3-4,6-9,11H,2,5,10,12-13,20H2,(H,21,22). The van der Waals surface area contributed by atoms with Crippen molar-refractivity contribution < 1.29 is 13.9 Å². The molecule has 0 spiro atoms. The molecule has 5 heteroatoms. The number of benzene rings is 2. The number of nitrogens with two attached hydrogens (primary N) is 1. The van der Waals surface area contributed by atoms with Crippen LogP contribution in [0.2, 0.25) is 0 Å². The van der Waals surface area contributed by atoms with E-state index in [1.54, 1.807) is 6.07 Å². The van der Waals surface area contributed by atoms with Crippen LogP contribution in [0.3, 0.4) is 0 Å². The molecule has 0 radical (unpaired) electrons. The molecule has 2 aromatic carbocycles. The molecule has 122 valence electrons. The quantitative estimate of drug-likeness (QED) is 0.787. The summed E-state index contributed by atoms with van der Waals surface area (Å²) in [6, 6.07) is 13.8. The van der Waals surface area contributed by atoms with Gasteiger partial charge in [0.1, 0.15) is 18.2 Å². The minimum atomic E-state index is -0.271. The average Bonchev–Trinajstić information content (AvgIpc) is 2.57. The first-order valence-electron chi connectivity index (χ1n) is 7.60.